The maximum atomic E-state index is 12.8. The van der Waals surface area contributed by atoms with E-state index in [1.807, 2.05) is 6.07 Å². The molecule has 0 unspecified atom stereocenters. The summed E-state index contributed by atoms with van der Waals surface area (Å²) >= 11 is 0. The number of Topliss-reactive ketones (excluding diaryl/α,β-unsaturated/α-hetero) is 1. The summed E-state index contributed by atoms with van der Waals surface area (Å²) in [5.41, 5.74) is 0.122. The summed E-state index contributed by atoms with van der Waals surface area (Å²) in [6, 6.07) is 11.7. The molecule has 0 heterocycles. The highest BCUT2D eigenvalue weighted by Gasteiger charge is 2.44. The van der Waals surface area contributed by atoms with Gasteiger partial charge in [-0.3, -0.25) is 14.9 Å². The lowest BCUT2D eigenvalue weighted by Gasteiger charge is -2.15. The number of carbonyl (C=O) groups is 1. The normalized spacial score (nSPS) is 13.0. The van der Waals surface area contributed by atoms with Crippen molar-refractivity contribution in [3.05, 3.63) is 58.1 Å². The molecular formula is C15H12F3NO3. The number of ketones is 1. The summed E-state index contributed by atoms with van der Waals surface area (Å²) in [4.78, 5) is 21.3. The van der Waals surface area contributed by atoms with Gasteiger partial charge in [0.1, 0.15) is 5.92 Å². The number of hydrogen-bond acceptors (Lipinski definition) is 3. The van der Waals surface area contributed by atoms with E-state index in [1.54, 1.807) is 24.3 Å². The topological polar surface area (TPSA) is 60.2 Å². The molecule has 2 rings (SSSR count). The van der Waals surface area contributed by atoms with Crippen molar-refractivity contribution in [1.29, 1.82) is 0 Å². The Hall–Kier alpha value is -2.44. The average Bonchev–Trinajstić information content (AvgIpc) is 2.44. The Balaban J connectivity index is 2.23. The van der Waals surface area contributed by atoms with Gasteiger partial charge >= 0.3 is 6.18 Å². The van der Waals surface area contributed by atoms with Crippen LogP contribution in [0.4, 0.5) is 13.2 Å². The van der Waals surface area contributed by atoms with E-state index < -0.39 is 35.8 Å². The minimum absolute atomic E-state index is 0.122. The molecule has 7 heteroatoms. The summed E-state index contributed by atoms with van der Waals surface area (Å²) in [6.07, 6.45) is -5.71. The molecule has 0 aliphatic heterocycles. The van der Waals surface area contributed by atoms with Crippen molar-refractivity contribution in [2.75, 3.05) is 6.54 Å². The van der Waals surface area contributed by atoms with E-state index >= 15 is 0 Å². The maximum Gasteiger partial charge on any atom is 0.398 e. The molecule has 0 N–H and O–H groups in total. The fraction of sp³-hybridized carbons (Fsp3) is 0.267. The number of carbonyl (C=O) groups excluding carboxylic acids is 1. The number of nitro groups is 1. The maximum absolute atomic E-state index is 12.8. The number of alkyl halides is 3. The average molecular weight is 311 g/mol. The van der Waals surface area contributed by atoms with Gasteiger partial charge in [-0.15, -0.1) is 0 Å². The van der Waals surface area contributed by atoms with E-state index in [-0.39, 0.29) is 5.56 Å². The van der Waals surface area contributed by atoms with E-state index in [4.69, 9.17) is 0 Å². The quantitative estimate of drug-likeness (QED) is 0.478. The highest BCUT2D eigenvalue weighted by Crippen LogP contribution is 2.30. The van der Waals surface area contributed by atoms with Crippen molar-refractivity contribution in [3.8, 4) is 0 Å². The Bertz CT molecular complexity index is 712. The molecule has 22 heavy (non-hydrogen) atoms. The lowest BCUT2D eigenvalue weighted by molar-refractivity contribution is -0.497. The Kier molecular flexibility index (Phi) is 4.44. The lowest BCUT2D eigenvalue weighted by atomic mass is 9.96. The van der Waals surface area contributed by atoms with Gasteiger partial charge in [0, 0.05) is 16.9 Å². The molecule has 0 bridgehead atoms. The number of fused-ring (bicyclic) bond motifs is 1. The SMILES string of the molecule is O=C(C[C@@H](C[N+](=O)[O-])C(F)(F)F)c1ccc2ccccc2c1. The molecule has 0 aliphatic rings. The molecule has 1 atom stereocenters. The first-order valence-electron chi connectivity index (χ1n) is 6.48. The van der Waals surface area contributed by atoms with Gasteiger partial charge in [-0.25, -0.2) is 0 Å². The van der Waals surface area contributed by atoms with Gasteiger partial charge in [-0.2, -0.15) is 13.2 Å². The van der Waals surface area contributed by atoms with E-state index in [0.717, 1.165) is 10.8 Å². The Labute approximate surface area is 123 Å². The predicted molar refractivity (Wildman–Crippen MR) is 74.3 cm³/mol. The van der Waals surface area contributed by atoms with Crippen LogP contribution < -0.4 is 0 Å². The Morgan fingerprint density at radius 1 is 1.14 bits per heavy atom. The van der Waals surface area contributed by atoms with Crippen LogP contribution in [0.15, 0.2) is 42.5 Å². The van der Waals surface area contributed by atoms with Crippen LogP contribution in [0.3, 0.4) is 0 Å². The summed E-state index contributed by atoms with van der Waals surface area (Å²) in [5.74, 6) is -3.03. The molecule has 0 radical (unpaired) electrons. The number of halogens is 3. The van der Waals surface area contributed by atoms with Gasteiger partial charge < -0.3 is 0 Å². The molecular weight excluding hydrogens is 299 g/mol. The van der Waals surface area contributed by atoms with Crippen LogP contribution in [0.2, 0.25) is 0 Å². The third-order valence-corrected chi connectivity index (χ3v) is 3.34. The predicted octanol–water partition coefficient (Wildman–Crippen LogP) is 3.87. The van der Waals surface area contributed by atoms with E-state index in [9.17, 15) is 28.1 Å². The fourth-order valence-electron chi connectivity index (χ4n) is 2.17. The first kappa shape index (κ1) is 15.9. The zero-order chi connectivity index (χ0) is 16.3. The van der Waals surface area contributed by atoms with Crippen LogP contribution in [-0.4, -0.2) is 23.4 Å². The third-order valence-electron chi connectivity index (χ3n) is 3.34. The summed E-state index contributed by atoms with van der Waals surface area (Å²) in [6.45, 7) is -1.30. The van der Waals surface area contributed by atoms with Crippen molar-refractivity contribution in [2.45, 2.75) is 12.6 Å². The minimum Gasteiger partial charge on any atom is -0.294 e. The van der Waals surface area contributed by atoms with Gasteiger partial charge in [0.05, 0.1) is 0 Å². The Morgan fingerprint density at radius 3 is 2.36 bits per heavy atom. The van der Waals surface area contributed by atoms with Crippen molar-refractivity contribution in [1.82, 2.24) is 0 Å². The molecule has 2 aromatic carbocycles. The zero-order valence-corrected chi connectivity index (χ0v) is 11.3. The second-order valence-corrected chi connectivity index (χ2v) is 4.94. The molecule has 2 aromatic rings. The fourth-order valence-corrected chi connectivity index (χ4v) is 2.17. The van der Waals surface area contributed by atoms with Crippen molar-refractivity contribution in [2.24, 2.45) is 5.92 Å². The van der Waals surface area contributed by atoms with Gasteiger partial charge in [0.25, 0.3) is 0 Å². The van der Waals surface area contributed by atoms with Crippen LogP contribution in [0.25, 0.3) is 10.8 Å². The summed E-state index contributed by atoms with van der Waals surface area (Å²) < 4.78 is 38.3. The van der Waals surface area contributed by atoms with Crippen LogP contribution in [0.1, 0.15) is 16.8 Å². The van der Waals surface area contributed by atoms with Gasteiger partial charge in [-0.1, -0.05) is 36.4 Å². The van der Waals surface area contributed by atoms with Crippen LogP contribution >= 0.6 is 0 Å². The van der Waals surface area contributed by atoms with Gasteiger partial charge in [0.15, 0.2) is 5.78 Å². The number of nitrogens with zero attached hydrogens (tertiary/aromatic N) is 1. The first-order chi connectivity index (χ1) is 10.3. The molecule has 0 spiro atoms. The smallest absolute Gasteiger partial charge is 0.294 e. The second-order valence-electron chi connectivity index (χ2n) is 4.94. The lowest BCUT2D eigenvalue weighted by Crippen LogP contribution is -2.31. The number of rotatable bonds is 5. The van der Waals surface area contributed by atoms with E-state index in [2.05, 4.69) is 0 Å². The molecule has 0 amide bonds. The second kappa shape index (κ2) is 6.13. The molecule has 116 valence electrons. The number of benzene rings is 2. The van der Waals surface area contributed by atoms with Crippen LogP contribution in [0.5, 0.6) is 0 Å². The molecule has 0 fully saturated rings. The largest absolute Gasteiger partial charge is 0.398 e. The molecule has 4 nitrogen and oxygen atoms in total. The molecule has 0 saturated carbocycles. The van der Waals surface area contributed by atoms with Crippen molar-refractivity contribution >= 4 is 16.6 Å². The summed E-state index contributed by atoms with van der Waals surface area (Å²) in [5, 5.41) is 11.9. The van der Waals surface area contributed by atoms with E-state index in [0.29, 0.717) is 0 Å². The van der Waals surface area contributed by atoms with Crippen molar-refractivity contribution in [3.63, 3.8) is 0 Å². The van der Waals surface area contributed by atoms with Gasteiger partial charge in [0.2, 0.25) is 6.54 Å². The minimum atomic E-state index is -4.78. The molecule has 0 aliphatic carbocycles. The molecule has 0 saturated heterocycles. The van der Waals surface area contributed by atoms with Crippen molar-refractivity contribution < 1.29 is 22.9 Å². The molecule has 0 aromatic heterocycles. The highest BCUT2D eigenvalue weighted by atomic mass is 19.4. The van der Waals surface area contributed by atoms with Crippen LogP contribution in [0, 0.1) is 16.0 Å². The summed E-state index contributed by atoms with van der Waals surface area (Å²) in [7, 11) is 0. The number of hydrogen-bond donors (Lipinski definition) is 0. The van der Waals surface area contributed by atoms with E-state index in [1.165, 1.54) is 12.1 Å². The highest BCUT2D eigenvalue weighted by molar-refractivity contribution is 6.00. The monoisotopic (exact) mass is 311 g/mol. The zero-order valence-electron chi connectivity index (χ0n) is 11.3. The standard InChI is InChI=1S/C15H12F3NO3/c16-15(17,18)13(9-19(21)22)8-14(20)12-6-5-10-3-1-2-4-11(10)7-12/h1-7,13H,8-9H2/t13-/m0/s1. The van der Waals surface area contributed by atoms with Gasteiger partial charge in [-0.05, 0) is 16.8 Å². The van der Waals surface area contributed by atoms with Crippen LogP contribution in [-0.2, 0) is 0 Å². The first-order valence-corrected chi connectivity index (χ1v) is 6.48. The third kappa shape index (κ3) is 3.81. The Morgan fingerprint density at radius 2 is 1.77 bits per heavy atom.